The first kappa shape index (κ1) is 22.0. The molecule has 2 aromatic carbocycles. The third kappa shape index (κ3) is 4.13. The molecule has 0 aliphatic carbocycles. The number of thiazole rings is 1. The van der Waals surface area contributed by atoms with Crippen LogP contribution in [0.4, 0.5) is 0 Å². The first-order chi connectivity index (χ1) is 15.4. The van der Waals surface area contributed by atoms with Gasteiger partial charge in [-0.25, -0.2) is 9.79 Å². The average Bonchev–Trinajstić information content (AvgIpc) is 3.08. The zero-order chi connectivity index (χ0) is 22.8. The molecule has 0 saturated heterocycles. The molecule has 0 fully saturated rings. The summed E-state index contributed by atoms with van der Waals surface area (Å²) in [5.41, 5.74) is 2.27. The Morgan fingerprint density at radius 1 is 1.19 bits per heavy atom. The van der Waals surface area contributed by atoms with Gasteiger partial charge < -0.3 is 9.47 Å². The molecule has 6 nitrogen and oxygen atoms in total. The van der Waals surface area contributed by atoms with Crippen LogP contribution in [-0.2, 0) is 9.53 Å². The molecular formula is C24H21ClN2O4S. The van der Waals surface area contributed by atoms with E-state index in [0.717, 1.165) is 16.9 Å². The number of ether oxygens (including phenoxy) is 2. The number of halogens is 1. The maximum Gasteiger partial charge on any atom is 0.338 e. The zero-order valence-electron chi connectivity index (χ0n) is 17.8. The quantitative estimate of drug-likeness (QED) is 0.538. The number of rotatable bonds is 5. The molecule has 1 aliphatic heterocycles. The summed E-state index contributed by atoms with van der Waals surface area (Å²) in [6.45, 7) is 3.73. The maximum absolute atomic E-state index is 13.5. The van der Waals surface area contributed by atoms with E-state index in [-0.39, 0.29) is 12.2 Å². The van der Waals surface area contributed by atoms with Crippen LogP contribution in [0.3, 0.4) is 0 Å². The molecule has 1 atom stereocenters. The van der Waals surface area contributed by atoms with Crippen molar-refractivity contribution < 1.29 is 14.3 Å². The molecule has 1 aromatic heterocycles. The van der Waals surface area contributed by atoms with Gasteiger partial charge in [-0.15, -0.1) is 0 Å². The molecule has 0 bridgehead atoms. The number of carbonyl (C=O) groups is 1. The minimum Gasteiger partial charge on any atom is -0.497 e. The predicted octanol–water partition coefficient (Wildman–Crippen LogP) is 3.46. The first-order valence-electron chi connectivity index (χ1n) is 10.0. The third-order valence-electron chi connectivity index (χ3n) is 5.12. The van der Waals surface area contributed by atoms with E-state index in [9.17, 15) is 9.59 Å². The van der Waals surface area contributed by atoms with Gasteiger partial charge in [-0.2, -0.15) is 0 Å². The van der Waals surface area contributed by atoms with E-state index in [4.69, 9.17) is 21.1 Å². The molecule has 4 rings (SSSR count). The highest BCUT2D eigenvalue weighted by molar-refractivity contribution is 7.07. The molecule has 0 spiro atoms. The Balaban J connectivity index is 1.92. The lowest BCUT2D eigenvalue weighted by Gasteiger charge is -2.24. The minimum absolute atomic E-state index is 0.223. The molecule has 0 unspecified atom stereocenters. The van der Waals surface area contributed by atoms with Crippen LogP contribution in [0.15, 0.2) is 69.6 Å². The number of fused-ring (bicyclic) bond motifs is 1. The fourth-order valence-electron chi connectivity index (χ4n) is 3.60. The van der Waals surface area contributed by atoms with E-state index >= 15 is 0 Å². The zero-order valence-corrected chi connectivity index (χ0v) is 19.4. The highest BCUT2D eigenvalue weighted by Gasteiger charge is 2.33. The number of carbonyl (C=O) groups excluding carboxylic acids is 1. The summed E-state index contributed by atoms with van der Waals surface area (Å²) in [6, 6.07) is 13.9. The normalized spacial score (nSPS) is 15.9. The van der Waals surface area contributed by atoms with Gasteiger partial charge in [0.05, 0.1) is 35.6 Å². The first-order valence-corrected chi connectivity index (χ1v) is 11.2. The van der Waals surface area contributed by atoms with Crippen LogP contribution in [0.25, 0.3) is 6.08 Å². The summed E-state index contributed by atoms with van der Waals surface area (Å²) in [7, 11) is 1.60. The van der Waals surface area contributed by atoms with Crippen LogP contribution in [0.2, 0.25) is 5.02 Å². The summed E-state index contributed by atoms with van der Waals surface area (Å²) >= 11 is 7.36. The van der Waals surface area contributed by atoms with Gasteiger partial charge in [0.15, 0.2) is 4.80 Å². The Morgan fingerprint density at radius 3 is 2.50 bits per heavy atom. The van der Waals surface area contributed by atoms with Crippen molar-refractivity contribution in [3.05, 3.63) is 95.6 Å². The van der Waals surface area contributed by atoms with Crippen LogP contribution in [0.1, 0.15) is 31.0 Å². The molecular weight excluding hydrogens is 448 g/mol. The van der Waals surface area contributed by atoms with Gasteiger partial charge in [0.1, 0.15) is 5.75 Å². The summed E-state index contributed by atoms with van der Waals surface area (Å²) in [4.78, 5) is 31.4. The van der Waals surface area contributed by atoms with Crippen LogP contribution >= 0.6 is 22.9 Å². The lowest BCUT2D eigenvalue weighted by Crippen LogP contribution is -2.39. The Labute approximate surface area is 193 Å². The molecule has 0 amide bonds. The topological polar surface area (TPSA) is 69.9 Å². The number of hydrogen-bond donors (Lipinski definition) is 0. The van der Waals surface area contributed by atoms with Crippen molar-refractivity contribution in [1.82, 2.24) is 4.57 Å². The van der Waals surface area contributed by atoms with Crippen LogP contribution in [0, 0.1) is 0 Å². The number of aromatic nitrogens is 1. The van der Waals surface area contributed by atoms with E-state index < -0.39 is 12.0 Å². The smallest absolute Gasteiger partial charge is 0.338 e. The molecule has 8 heteroatoms. The van der Waals surface area contributed by atoms with Crippen LogP contribution in [0.5, 0.6) is 5.75 Å². The second-order valence-electron chi connectivity index (χ2n) is 7.13. The lowest BCUT2D eigenvalue weighted by atomic mass is 9.96. The number of benzene rings is 2. The van der Waals surface area contributed by atoms with Crippen molar-refractivity contribution in [1.29, 1.82) is 0 Å². The summed E-state index contributed by atoms with van der Waals surface area (Å²) in [5.74, 6) is 0.249. The molecule has 0 radical (unpaired) electrons. The minimum atomic E-state index is -0.652. The average molecular weight is 469 g/mol. The largest absolute Gasteiger partial charge is 0.497 e. The highest BCUT2D eigenvalue weighted by Crippen LogP contribution is 2.31. The number of methoxy groups -OCH3 is 1. The molecule has 2 heterocycles. The maximum atomic E-state index is 13.5. The summed E-state index contributed by atoms with van der Waals surface area (Å²) in [5, 5.41) is 0.569. The molecule has 3 aromatic rings. The van der Waals surface area contributed by atoms with Gasteiger partial charge >= 0.3 is 5.97 Å². The van der Waals surface area contributed by atoms with E-state index in [1.54, 1.807) is 37.7 Å². The van der Waals surface area contributed by atoms with Crippen molar-refractivity contribution in [2.45, 2.75) is 19.9 Å². The second kappa shape index (κ2) is 9.14. The fraction of sp³-hybridized carbons (Fsp3) is 0.208. The summed E-state index contributed by atoms with van der Waals surface area (Å²) in [6.07, 6.45) is 1.81. The van der Waals surface area contributed by atoms with E-state index in [0.29, 0.717) is 25.6 Å². The van der Waals surface area contributed by atoms with Gasteiger partial charge in [-0.1, -0.05) is 47.2 Å². The van der Waals surface area contributed by atoms with Crippen LogP contribution in [-0.4, -0.2) is 24.3 Å². The standard InChI is InChI=1S/C24H21ClN2O4S/c1-4-31-23(29)20-14(2)26-24-27(21(20)16-7-9-17(25)10-8-16)22(28)19(32-24)13-15-5-11-18(30-3)12-6-15/h5-13,21H,4H2,1-3H3/b19-13+/t21-/m1/s1. The predicted molar refractivity (Wildman–Crippen MR) is 125 cm³/mol. The van der Waals surface area contributed by atoms with Crippen LogP contribution < -0.4 is 19.6 Å². The number of nitrogens with zero attached hydrogens (tertiary/aromatic N) is 2. The SMILES string of the molecule is CCOC(=O)C1=C(C)N=c2s/c(=C/c3ccc(OC)cc3)c(=O)n2[C@@H]1c1ccc(Cl)cc1. The van der Waals surface area contributed by atoms with Gasteiger partial charge in [0, 0.05) is 5.02 Å². The van der Waals surface area contributed by atoms with Crippen molar-refractivity contribution in [2.24, 2.45) is 4.99 Å². The van der Waals surface area contributed by atoms with Gasteiger partial charge in [-0.05, 0) is 55.3 Å². The molecule has 0 N–H and O–H groups in total. The highest BCUT2D eigenvalue weighted by atomic mass is 35.5. The number of allylic oxidation sites excluding steroid dienone is 1. The second-order valence-corrected chi connectivity index (χ2v) is 8.57. The van der Waals surface area contributed by atoms with Crippen molar-refractivity contribution >= 4 is 35.0 Å². The van der Waals surface area contributed by atoms with E-state index in [2.05, 4.69) is 4.99 Å². The Bertz CT molecular complexity index is 1370. The third-order valence-corrected chi connectivity index (χ3v) is 6.35. The molecule has 1 aliphatic rings. The van der Waals surface area contributed by atoms with E-state index in [1.807, 2.05) is 42.5 Å². The number of hydrogen-bond acceptors (Lipinski definition) is 6. The Morgan fingerprint density at radius 2 is 1.88 bits per heavy atom. The molecule has 164 valence electrons. The van der Waals surface area contributed by atoms with Crippen molar-refractivity contribution in [2.75, 3.05) is 13.7 Å². The molecule has 0 saturated carbocycles. The fourth-order valence-corrected chi connectivity index (χ4v) is 4.78. The van der Waals surface area contributed by atoms with E-state index in [1.165, 1.54) is 11.3 Å². The van der Waals surface area contributed by atoms with Gasteiger partial charge in [-0.3, -0.25) is 9.36 Å². The lowest BCUT2D eigenvalue weighted by molar-refractivity contribution is -0.139. The van der Waals surface area contributed by atoms with Crippen molar-refractivity contribution in [3.8, 4) is 5.75 Å². The molecule has 32 heavy (non-hydrogen) atoms. The Kier molecular flexibility index (Phi) is 6.30. The number of esters is 1. The van der Waals surface area contributed by atoms with Crippen molar-refractivity contribution in [3.63, 3.8) is 0 Å². The monoisotopic (exact) mass is 468 g/mol. The van der Waals surface area contributed by atoms with Gasteiger partial charge in [0.2, 0.25) is 0 Å². The Hall–Kier alpha value is -3.16. The van der Waals surface area contributed by atoms with Gasteiger partial charge in [0.25, 0.3) is 5.56 Å². The summed E-state index contributed by atoms with van der Waals surface area (Å²) < 4.78 is 12.6.